The quantitative estimate of drug-likeness (QED) is 0.862. The molecular formula is C18H20N2O3. The lowest BCUT2D eigenvalue weighted by Gasteiger charge is -2.14. The van der Waals surface area contributed by atoms with Crippen LogP contribution in [0, 0.1) is 0 Å². The Labute approximate surface area is 135 Å². The molecule has 0 aromatic heterocycles. The molecule has 0 heterocycles. The summed E-state index contributed by atoms with van der Waals surface area (Å²) in [5, 5.41) is 5.55. The molecule has 0 saturated carbocycles. The minimum Gasteiger partial charge on any atom is -0.484 e. The van der Waals surface area contributed by atoms with Crippen molar-refractivity contribution >= 4 is 17.5 Å². The molecule has 0 aliphatic carbocycles. The normalized spacial score (nSPS) is 11.4. The molecule has 23 heavy (non-hydrogen) atoms. The van der Waals surface area contributed by atoms with Crippen molar-refractivity contribution in [2.24, 2.45) is 0 Å². The maximum Gasteiger partial charge on any atom is 0.258 e. The maximum absolute atomic E-state index is 11.9. The van der Waals surface area contributed by atoms with Gasteiger partial charge in [0.2, 0.25) is 5.91 Å². The molecule has 5 heteroatoms. The van der Waals surface area contributed by atoms with Gasteiger partial charge in [0.15, 0.2) is 6.61 Å². The van der Waals surface area contributed by atoms with Gasteiger partial charge in [-0.25, -0.2) is 0 Å². The summed E-state index contributed by atoms with van der Waals surface area (Å²) in [7, 11) is 0. The monoisotopic (exact) mass is 312 g/mol. The van der Waals surface area contributed by atoms with Crippen LogP contribution in [0.2, 0.25) is 0 Å². The van der Waals surface area contributed by atoms with Crippen LogP contribution < -0.4 is 15.4 Å². The van der Waals surface area contributed by atoms with Crippen LogP contribution >= 0.6 is 0 Å². The zero-order valence-corrected chi connectivity index (χ0v) is 13.2. The summed E-state index contributed by atoms with van der Waals surface area (Å²) in [6.07, 6.45) is 0. The lowest BCUT2D eigenvalue weighted by molar-refractivity contribution is -0.123. The van der Waals surface area contributed by atoms with Crippen LogP contribution in [0.25, 0.3) is 0 Å². The van der Waals surface area contributed by atoms with E-state index in [1.165, 1.54) is 6.92 Å². The first-order valence-corrected chi connectivity index (χ1v) is 7.39. The van der Waals surface area contributed by atoms with Crippen LogP contribution in [0.3, 0.4) is 0 Å². The fourth-order valence-electron chi connectivity index (χ4n) is 2.09. The molecule has 0 aliphatic heterocycles. The van der Waals surface area contributed by atoms with E-state index in [9.17, 15) is 9.59 Å². The third-order valence-corrected chi connectivity index (χ3v) is 3.22. The van der Waals surface area contributed by atoms with Gasteiger partial charge in [-0.2, -0.15) is 0 Å². The fraction of sp³-hybridized carbons (Fsp3) is 0.222. The first-order chi connectivity index (χ1) is 11.0. The van der Waals surface area contributed by atoms with Crippen molar-refractivity contribution in [3.8, 4) is 5.75 Å². The van der Waals surface area contributed by atoms with Crippen molar-refractivity contribution in [3.05, 3.63) is 60.2 Å². The Morgan fingerprint density at radius 3 is 2.30 bits per heavy atom. The Kier molecular flexibility index (Phi) is 5.74. The molecule has 0 fully saturated rings. The molecule has 2 N–H and O–H groups in total. The van der Waals surface area contributed by atoms with Gasteiger partial charge >= 0.3 is 0 Å². The molecule has 2 rings (SSSR count). The molecule has 0 spiro atoms. The number of rotatable bonds is 6. The zero-order valence-electron chi connectivity index (χ0n) is 13.2. The largest absolute Gasteiger partial charge is 0.484 e. The van der Waals surface area contributed by atoms with E-state index >= 15 is 0 Å². The van der Waals surface area contributed by atoms with Gasteiger partial charge in [-0.15, -0.1) is 0 Å². The maximum atomic E-state index is 11.9. The topological polar surface area (TPSA) is 67.4 Å². The summed E-state index contributed by atoms with van der Waals surface area (Å²) < 4.78 is 5.44. The molecule has 5 nitrogen and oxygen atoms in total. The lowest BCUT2D eigenvalue weighted by Crippen LogP contribution is -2.31. The Morgan fingerprint density at radius 1 is 1.04 bits per heavy atom. The average molecular weight is 312 g/mol. The Balaban J connectivity index is 1.81. The number of anilines is 1. The van der Waals surface area contributed by atoms with Crippen LogP contribution in [0.15, 0.2) is 54.6 Å². The average Bonchev–Trinajstić information content (AvgIpc) is 2.54. The minimum absolute atomic E-state index is 0.0589. The first kappa shape index (κ1) is 16.5. The molecule has 0 aliphatic rings. The van der Waals surface area contributed by atoms with Crippen LogP contribution in [-0.4, -0.2) is 18.4 Å². The predicted octanol–water partition coefficient (Wildman–Crippen LogP) is 2.90. The first-order valence-electron chi connectivity index (χ1n) is 7.39. The highest BCUT2D eigenvalue weighted by Crippen LogP contribution is 2.16. The zero-order chi connectivity index (χ0) is 16.7. The van der Waals surface area contributed by atoms with E-state index in [0.29, 0.717) is 11.4 Å². The Hall–Kier alpha value is -2.82. The molecule has 1 atom stereocenters. The Bertz CT molecular complexity index is 654. The summed E-state index contributed by atoms with van der Waals surface area (Å²) in [5.74, 6) is 0.252. The summed E-state index contributed by atoms with van der Waals surface area (Å²) in [5.41, 5.74) is 1.73. The van der Waals surface area contributed by atoms with Crippen molar-refractivity contribution in [2.45, 2.75) is 19.9 Å². The summed E-state index contributed by atoms with van der Waals surface area (Å²) >= 11 is 0. The van der Waals surface area contributed by atoms with Crippen LogP contribution in [0.4, 0.5) is 5.69 Å². The second kappa shape index (κ2) is 7.98. The van der Waals surface area contributed by atoms with Gasteiger partial charge in [0.25, 0.3) is 5.91 Å². The van der Waals surface area contributed by atoms with Gasteiger partial charge in [-0.3, -0.25) is 9.59 Å². The number of amides is 2. The highest BCUT2D eigenvalue weighted by atomic mass is 16.5. The molecular weight excluding hydrogens is 292 g/mol. The van der Waals surface area contributed by atoms with Gasteiger partial charge in [0, 0.05) is 12.6 Å². The summed E-state index contributed by atoms with van der Waals surface area (Å²) in [6, 6.07) is 16.5. The number of carbonyl (C=O) groups is 2. The molecule has 0 saturated heterocycles. The van der Waals surface area contributed by atoms with Gasteiger partial charge in [-0.1, -0.05) is 30.3 Å². The number of hydrogen-bond acceptors (Lipinski definition) is 3. The number of benzene rings is 2. The van der Waals surface area contributed by atoms with Gasteiger partial charge in [-0.05, 0) is 36.8 Å². The number of hydrogen-bond donors (Lipinski definition) is 2. The van der Waals surface area contributed by atoms with Crippen molar-refractivity contribution in [2.75, 3.05) is 11.9 Å². The highest BCUT2D eigenvalue weighted by molar-refractivity contribution is 5.88. The molecule has 120 valence electrons. The second-order valence-corrected chi connectivity index (χ2v) is 5.19. The molecule has 2 aromatic rings. The smallest absolute Gasteiger partial charge is 0.258 e. The van der Waals surface area contributed by atoms with Crippen molar-refractivity contribution in [1.29, 1.82) is 0 Å². The second-order valence-electron chi connectivity index (χ2n) is 5.19. The third-order valence-electron chi connectivity index (χ3n) is 3.22. The SMILES string of the molecule is CC(=O)Nc1ccc(OCC(=O)N[C@H](C)c2ccccc2)cc1. The van der Waals surface area contributed by atoms with E-state index in [-0.39, 0.29) is 24.5 Å². The van der Waals surface area contributed by atoms with Gasteiger partial charge < -0.3 is 15.4 Å². The Morgan fingerprint density at radius 2 is 1.70 bits per heavy atom. The molecule has 0 radical (unpaired) electrons. The van der Waals surface area contributed by atoms with Gasteiger partial charge in [0.1, 0.15) is 5.75 Å². The van der Waals surface area contributed by atoms with E-state index in [0.717, 1.165) is 5.56 Å². The minimum atomic E-state index is -0.188. The molecule has 0 unspecified atom stereocenters. The van der Waals surface area contributed by atoms with E-state index in [4.69, 9.17) is 4.74 Å². The van der Waals surface area contributed by atoms with Crippen molar-refractivity contribution in [1.82, 2.24) is 5.32 Å². The van der Waals surface area contributed by atoms with Gasteiger partial charge in [0.05, 0.1) is 6.04 Å². The molecule has 2 amide bonds. The van der Waals surface area contributed by atoms with E-state index in [1.54, 1.807) is 24.3 Å². The van der Waals surface area contributed by atoms with Crippen LogP contribution in [-0.2, 0) is 9.59 Å². The molecule has 2 aromatic carbocycles. The summed E-state index contributed by atoms with van der Waals surface area (Å²) in [4.78, 5) is 22.9. The fourth-order valence-corrected chi connectivity index (χ4v) is 2.09. The van der Waals surface area contributed by atoms with E-state index in [1.807, 2.05) is 37.3 Å². The predicted molar refractivity (Wildman–Crippen MR) is 89.2 cm³/mol. The highest BCUT2D eigenvalue weighted by Gasteiger charge is 2.09. The number of nitrogens with one attached hydrogen (secondary N) is 2. The molecule has 0 bridgehead atoms. The van der Waals surface area contributed by atoms with Crippen LogP contribution in [0.5, 0.6) is 5.75 Å². The number of carbonyl (C=O) groups excluding carboxylic acids is 2. The lowest BCUT2D eigenvalue weighted by atomic mass is 10.1. The third kappa shape index (κ3) is 5.47. The van der Waals surface area contributed by atoms with Crippen molar-refractivity contribution < 1.29 is 14.3 Å². The van der Waals surface area contributed by atoms with E-state index < -0.39 is 0 Å². The summed E-state index contributed by atoms with van der Waals surface area (Å²) in [6.45, 7) is 3.31. The van der Waals surface area contributed by atoms with Crippen molar-refractivity contribution in [3.63, 3.8) is 0 Å². The van der Waals surface area contributed by atoms with E-state index in [2.05, 4.69) is 10.6 Å². The number of ether oxygens (including phenoxy) is 1. The standard InChI is InChI=1S/C18H20N2O3/c1-13(15-6-4-3-5-7-15)19-18(22)12-23-17-10-8-16(9-11-17)20-14(2)21/h3-11,13H,12H2,1-2H3,(H,19,22)(H,20,21)/t13-/m1/s1. The van der Waals surface area contributed by atoms with Crippen LogP contribution in [0.1, 0.15) is 25.5 Å².